The Labute approximate surface area is 131 Å². The number of hydrogen-bond acceptors (Lipinski definition) is 2. The maximum atomic E-state index is 9.84. The fourth-order valence-corrected chi connectivity index (χ4v) is 2.51. The minimum Gasteiger partial charge on any atom is -0.394 e. The van der Waals surface area contributed by atoms with Gasteiger partial charge in [-0.05, 0) is 48.7 Å². The molecule has 1 atom stereocenters. The van der Waals surface area contributed by atoms with Crippen LogP contribution in [0.5, 0.6) is 0 Å². The van der Waals surface area contributed by atoms with Gasteiger partial charge in [-0.15, -0.1) is 0 Å². The van der Waals surface area contributed by atoms with Crippen molar-refractivity contribution >= 4 is 17.3 Å². The van der Waals surface area contributed by atoms with E-state index in [2.05, 4.69) is 36.5 Å². The molecule has 0 aliphatic carbocycles. The summed E-state index contributed by atoms with van der Waals surface area (Å²) in [7, 11) is 0. The Balaban J connectivity index is 2.21. The van der Waals surface area contributed by atoms with E-state index in [1.807, 2.05) is 31.2 Å². The molecule has 2 aromatic rings. The van der Waals surface area contributed by atoms with E-state index in [1.165, 1.54) is 5.56 Å². The molecule has 1 unspecified atom stereocenters. The zero-order valence-electron chi connectivity index (χ0n) is 12.6. The lowest BCUT2D eigenvalue weighted by Crippen LogP contribution is -2.35. The molecular weight excluding hydrogens is 282 g/mol. The average Bonchev–Trinajstić information content (AvgIpc) is 2.50. The molecule has 0 heterocycles. The Bertz CT molecular complexity index is 565. The average molecular weight is 304 g/mol. The summed E-state index contributed by atoms with van der Waals surface area (Å²) in [5, 5.41) is 13.9. The molecule has 2 N–H and O–H groups in total. The monoisotopic (exact) mass is 303 g/mol. The summed E-state index contributed by atoms with van der Waals surface area (Å²) >= 11 is 5.90. The van der Waals surface area contributed by atoms with Crippen molar-refractivity contribution in [2.45, 2.75) is 32.2 Å². The largest absolute Gasteiger partial charge is 0.394 e. The maximum Gasteiger partial charge on any atom is 0.0828 e. The van der Waals surface area contributed by atoms with Crippen LogP contribution in [0, 0.1) is 0 Å². The molecule has 0 aliphatic heterocycles. The molecule has 0 fully saturated rings. The molecule has 0 radical (unpaired) electrons. The van der Waals surface area contributed by atoms with Crippen LogP contribution < -0.4 is 5.32 Å². The van der Waals surface area contributed by atoms with Gasteiger partial charge in [-0.25, -0.2) is 0 Å². The minimum absolute atomic E-state index is 0.0166. The van der Waals surface area contributed by atoms with Crippen molar-refractivity contribution in [2.24, 2.45) is 0 Å². The van der Waals surface area contributed by atoms with Crippen molar-refractivity contribution in [3.63, 3.8) is 0 Å². The number of benzene rings is 2. The first-order valence-electron chi connectivity index (χ1n) is 7.31. The molecule has 0 bridgehead atoms. The molecule has 0 aromatic heterocycles. The highest BCUT2D eigenvalue weighted by molar-refractivity contribution is 6.30. The van der Waals surface area contributed by atoms with Crippen molar-refractivity contribution in [1.29, 1.82) is 0 Å². The third kappa shape index (κ3) is 3.99. The zero-order valence-corrected chi connectivity index (χ0v) is 13.3. The van der Waals surface area contributed by atoms with Gasteiger partial charge in [0.25, 0.3) is 0 Å². The highest BCUT2D eigenvalue weighted by Crippen LogP contribution is 2.27. The van der Waals surface area contributed by atoms with Crippen LogP contribution in [0.2, 0.25) is 5.02 Å². The van der Waals surface area contributed by atoms with Gasteiger partial charge in [0, 0.05) is 10.7 Å². The summed E-state index contributed by atoms with van der Waals surface area (Å²) < 4.78 is 0. The molecule has 0 saturated heterocycles. The summed E-state index contributed by atoms with van der Waals surface area (Å²) in [5.74, 6) is 0. The minimum atomic E-state index is -0.515. The van der Waals surface area contributed by atoms with E-state index in [-0.39, 0.29) is 6.61 Å². The Hall–Kier alpha value is -1.51. The fourth-order valence-electron chi connectivity index (χ4n) is 2.38. The maximum absolute atomic E-state index is 9.84. The van der Waals surface area contributed by atoms with Crippen LogP contribution in [0.3, 0.4) is 0 Å². The lowest BCUT2D eigenvalue weighted by Gasteiger charge is -2.30. The fraction of sp³-hybridized carbons (Fsp3) is 0.333. The normalized spacial score (nSPS) is 13.7. The molecule has 2 nitrogen and oxygen atoms in total. The van der Waals surface area contributed by atoms with Crippen molar-refractivity contribution in [2.75, 3.05) is 11.9 Å². The number of hydrogen-bond donors (Lipinski definition) is 2. The van der Waals surface area contributed by atoms with Gasteiger partial charge in [0.2, 0.25) is 0 Å². The molecule has 3 heteroatoms. The third-order valence-electron chi connectivity index (χ3n) is 3.71. The molecule has 0 saturated carbocycles. The van der Waals surface area contributed by atoms with E-state index in [1.54, 1.807) is 0 Å². The van der Waals surface area contributed by atoms with Crippen LogP contribution >= 0.6 is 11.6 Å². The summed E-state index contributed by atoms with van der Waals surface area (Å²) in [6.07, 6.45) is 2.22. The Morgan fingerprint density at radius 2 is 1.67 bits per heavy atom. The second kappa shape index (κ2) is 6.97. The summed E-state index contributed by atoms with van der Waals surface area (Å²) in [6, 6.07) is 16.0. The van der Waals surface area contributed by atoms with Crippen molar-refractivity contribution in [3.8, 4) is 0 Å². The number of anilines is 1. The second-order valence-corrected chi connectivity index (χ2v) is 6.01. The summed E-state index contributed by atoms with van der Waals surface area (Å²) in [5.41, 5.74) is 2.82. The van der Waals surface area contributed by atoms with Crippen LogP contribution in [-0.2, 0) is 12.0 Å². The van der Waals surface area contributed by atoms with Crippen LogP contribution in [0.1, 0.15) is 31.4 Å². The molecular formula is C18H22ClNO. The highest BCUT2D eigenvalue weighted by Gasteiger charge is 2.25. The van der Waals surface area contributed by atoms with E-state index in [0.29, 0.717) is 5.02 Å². The van der Waals surface area contributed by atoms with Gasteiger partial charge in [0.05, 0.1) is 12.1 Å². The molecule has 112 valence electrons. The van der Waals surface area contributed by atoms with Crippen molar-refractivity contribution < 1.29 is 5.11 Å². The van der Waals surface area contributed by atoms with E-state index in [0.717, 1.165) is 24.1 Å². The summed E-state index contributed by atoms with van der Waals surface area (Å²) in [6.45, 7) is 4.19. The lowest BCUT2D eigenvalue weighted by molar-refractivity contribution is 0.224. The van der Waals surface area contributed by atoms with Crippen LogP contribution in [0.4, 0.5) is 5.69 Å². The predicted molar refractivity (Wildman–Crippen MR) is 89.9 cm³/mol. The number of nitrogens with one attached hydrogen (secondary N) is 1. The first-order valence-corrected chi connectivity index (χ1v) is 7.69. The van der Waals surface area contributed by atoms with Gasteiger partial charge in [-0.3, -0.25) is 0 Å². The topological polar surface area (TPSA) is 32.3 Å². The molecule has 21 heavy (non-hydrogen) atoms. The van der Waals surface area contributed by atoms with E-state index < -0.39 is 5.54 Å². The molecule has 0 amide bonds. The van der Waals surface area contributed by atoms with Gasteiger partial charge in [-0.2, -0.15) is 0 Å². The predicted octanol–water partition coefficient (Wildman–Crippen LogP) is 4.61. The molecule has 0 spiro atoms. The highest BCUT2D eigenvalue weighted by atomic mass is 35.5. The lowest BCUT2D eigenvalue weighted by atomic mass is 9.91. The quantitative estimate of drug-likeness (QED) is 0.816. The molecule has 2 aromatic carbocycles. The smallest absolute Gasteiger partial charge is 0.0828 e. The Morgan fingerprint density at radius 3 is 2.19 bits per heavy atom. The van der Waals surface area contributed by atoms with E-state index in [9.17, 15) is 5.11 Å². The van der Waals surface area contributed by atoms with E-state index in [4.69, 9.17) is 11.6 Å². The molecule has 2 rings (SSSR count). The van der Waals surface area contributed by atoms with Crippen LogP contribution in [0.25, 0.3) is 0 Å². The van der Waals surface area contributed by atoms with Crippen LogP contribution in [0.15, 0.2) is 48.5 Å². The van der Waals surface area contributed by atoms with Gasteiger partial charge in [-0.1, -0.05) is 49.2 Å². The first-order chi connectivity index (χ1) is 10.1. The van der Waals surface area contributed by atoms with Gasteiger partial charge < -0.3 is 10.4 Å². The Morgan fingerprint density at radius 1 is 1.05 bits per heavy atom. The van der Waals surface area contributed by atoms with Crippen molar-refractivity contribution in [1.82, 2.24) is 0 Å². The molecule has 0 aliphatic rings. The number of aliphatic hydroxyl groups is 1. The standard InChI is InChI=1S/C18H22ClNO/c1-3-4-14-5-7-15(8-6-14)18(2,13-21)20-17-11-9-16(19)10-12-17/h5-12,20-21H,3-4,13H2,1-2H3. The van der Waals surface area contributed by atoms with Gasteiger partial charge in [0.15, 0.2) is 0 Å². The zero-order chi connectivity index (χ0) is 15.3. The number of aryl methyl sites for hydroxylation is 1. The number of rotatable bonds is 6. The van der Waals surface area contributed by atoms with Crippen LogP contribution in [-0.4, -0.2) is 11.7 Å². The van der Waals surface area contributed by atoms with Gasteiger partial charge >= 0.3 is 0 Å². The first kappa shape index (κ1) is 15.9. The Kier molecular flexibility index (Phi) is 5.27. The summed E-state index contributed by atoms with van der Waals surface area (Å²) in [4.78, 5) is 0. The number of halogens is 1. The second-order valence-electron chi connectivity index (χ2n) is 5.57. The van der Waals surface area contributed by atoms with Gasteiger partial charge in [0.1, 0.15) is 0 Å². The van der Waals surface area contributed by atoms with Crippen molar-refractivity contribution in [3.05, 3.63) is 64.7 Å². The SMILES string of the molecule is CCCc1ccc(C(C)(CO)Nc2ccc(Cl)cc2)cc1. The number of aliphatic hydroxyl groups excluding tert-OH is 1. The third-order valence-corrected chi connectivity index (χ3v) is 3.96. The van der Waals surface area contributed by atoms with E-state index >= 15 is 0 Å².